The molecule has 1 saturated heterocycles. The normalized spacial score (nSPS) is 57.4. The summed E-state index contributed by atoms with van der Waals surface area (Å²) in [7, 11) is 0. The molecule has 6 unspecified atom stereocenters. The first-order valence-electron chi connectivity index (χ1n) is 5.23. The van der Waals surface area contributed by atoms with Crippen LogP contribution in [0.5, 0.6) is 0 Å². The molecular weight excluding hydrogens is 164 g/mol. The zero-order valence-electron chi connectivity index (χ0n) is 7.89. The molecule has 13 heavy (non-hydrogen) atoms. The molecule has 1 N–H and O–H groups in total. The van der Waals surface area contributed by atoms with E-state index in [9.17, 15) is 5.11 Å². The van der Waals surface area contributed by atoms with Crippen LogP contribution in [-0.4, -0.2) is 24.4 Å². The fraction of sp³-hybridized carbons (Fsp3) is 0.818. The van der Waals surface area contributed by atoms with E-state index < -0.39 is 0 Å². The van der Waals surface area contributed by atoms with Crippen LogP contribution < -0.4 is 0 Å². The average Bonchev–Trinajstić information content (AvgIpc) is 2.54. The van der Waals surface area contributed by atoms with Crippen molar-refractivity contribution in [2.24, 2.45) is 29.6 Å². The highest BCUT2D eigenvalue weighted by Crippen LogP contribution is 2.52. The number of rotatable bonds is 1. The maximum atomic E-state index is 9.36. The van der Waals surface area contributed by atoms with Gasteiger partial charge in [0.25, 0.3) is 0 Å². The maximum absolute atomic E-state index is 9.36. The van der Waals surface area contributed by atoms with Crippen molar-refractivity contribution >= 4 is 0 Å². The molecule has 3 aliphatic carbocycles. The van der Waals surface area contributed by atoms with Crippen LogP contribution >= 0.6 is 0 Å². The van der Waals surface area contributed by atoms with Gasteiger partial charge in [-0.05, 0) is 23.7 Å². The number of allylic oxidation sites excluding steroid dienone is 1. The molecule has 0 amide bonds. The molecule has 4 rings (SSSR count). The third-order valence-electron chi connectivity index (χ3n) is 4.29. The van der Waals surface area contributed by atoms with E-state index in [-0.39, 0.29) is 0 Å². The Morgan fingerprint density at radius 2 is 2.15 bits per heavy atom. The summed E-state index contributed by atoms with van der Waals surface area (Å²) in [6, 6.07) is 0. The smallest absolute Gasteiger partial charge is 0.0672 e. The van der Waals surface area contributed by atoms with Crippen LogP contribution in [0, 0.1) is 29.6 Å². The highest BCUT2D eigenvalue weighted by atomic mass is 16.5. The Kier molecular flexibility index (Phi) is 1.59. The van der Waals surface area contributed by atoms with E-state index in [0.717, 1.165) is 6.61 Å². The molecule has 0 aromatic heterocycles. The van der Waals surface area contributed by atoms with Crippen LogP contribution in [0.15, 0.2) is 12.2 Å². The molecule has 2 fully saturated rings. The van der Waals surface area contributed by atoms with Gasteiger partial charge in [-0.25, -0.2) is 0 Å². The summed E-state index contributed by atoms with van der Waals surface area (Å²) >= 11 is 0. The molecule has 2 nitrogen and oxygen atoms in total. The van der Waals surface area contributed by atoms with Crippen molar-refractivity contribution in [1.82, 2.24) is 0 Å². The molecule has 0 aromatic carbocycles. The van der Waals surface area contributed by atoms with Crippen molar-refractivity contribution < 1.29 is 9.84 Å². The Morgan fingerprint density at radius 1 is 1.38 bits per heavy atom. The highest BCUT2D eigenvalue weighted by Gasteiger charge is 2.54. The molecule has 4 aliphatic rings. The molecule has 6 atom stereocenters. The van der Waals surface area contributed by atoms with E-state index >= 15 is 0 Å². The monoisotopic (exact) mass is 180 g/mol. The molecule has 0 aromatic rings. The van der Waals surface area contributed by atoms with Crippen molar-refractivity contribution in [2.75, 3.05) is 13.2 Å². The second-order valence-electron chi connectivity index (χ2n) is 4.71. The molecule has 4 bridgehead atoms. The zero-order chi connectivity index (χ0) is 9.00. The summed E-state index contributed by atoms with van der Waals surface area (Å²) in [6.45, 7) is 3.46. The first-order valence-corrected chi connectivity index (χ1v) is 5.23. The standard InChI is InChI=1S/C11H16O2/c1-6-7-2-3-8-10(9(7)4-12)5-13-11(6)8/h2-3,6-12H,4-5H2,1H3. The van der Waals surface area contributed by atoms with Gasteiger partial charge in [-0.15, -0.1) is 0 Å². The number of hydrogen-bond acceptors (Lipinski definition) is 2. The molecule has 1 heterocycles. The van der Waals surface area contributed by atoms with Crippen molar-refractivity contribution in [1.29, 1.82) is 0 Å². The summed E-state index contributed by atoms with van der Waals surface area (Å²) in [5, 5.41) is 9.36. The van der Waals surface area contributed by atoms with E-state index in [0.29, 0.717) is 42.3 Å². The van der Waals surface area contributed by atoms with Gasteiger partial charge in [-0.2, -0.15) is 0 Å². The second kappa shape index (κ2) is 2.58. The van der Waals surface area contributed by atoms with E-state index in [2.05, 4.69) is 19.1 Å². The molecule has 0 radical (unpaired) electrons. The maximum Gasteiger partial charge on any atom is 0.0672 e. The molecule has 1 saturated carbocycles. The van der Waals surface area contributed by atoms with Gasteiger partial charge in [-0.1, -0.05) is 19.1 Å². The fourth-order valence-electron chi connectivity index (χ4n) is 3.58. The number of hydrogen-bond donors (Lipinski definition) is 1. The van der Waals surface area contributed by atoms with E-state index in [1.807, 2.05) is 0 Å². The van der Waals surface area contributed by atoms with Crippen LogP contribution in [0.4, 0.5) is 0 Å². The predicted molar refractivity (Wildman–Crippen MR) is 49.1 cm³/mol. The molecule has 0 spiro atoms. The quantitative estimate of drug-likeness (QED) is 0.611. The van der Waals surface area contributed by atoms with Crippen molar-refractivity contribution in [2.45, 2.75) is 13.0 Å². The number of aliphatic hydroxyl groups is 1. The Bertz CT molecular complexity index is 248. The van der Waals surface area contributed by atoms with Crippen molar-refractivity contribution in [3.8, 4) is 0 Å². The third kappa shape index (κ3) is 0.856. The Labute approximate surface area is 78.6 Å². The minimum absolute atomic E-state index is 0.330. The minimum Gasteiger partial charge on any atom is -0.396 e. The minimum atomic E-state index is 0.330. The lowest BCUT2D eigenvalue weighted by atomic mass is 9.59. The number of ether oxygens (including phenoxy) is 1. The SMILES string of the molecule is CC1C2C=CC3C(COC13)C2CO. The lowest BCUT2D eigenvalue weighted by Gasteiger charge is -2.45. The van der Waals surface area contributed by atoms with Crippen LogP contribution in [0.2, 0.25) is 0 Å². The zero-order valence-corrected chi connectivity index (χ0v) is 7.89. The van der Waals surface area contributed by atoms with Gasteiger partial charge < -0.3 is 9.84 Å². The second-order valence-corrected chi connectivity index (χ2v) is 4.71. The molecule has 2 heteroatoms. The third-order valence-corrected chi connectivity index (χ3v) is 4.29. The summed E-state index contributed by atoms with van der Waals surface area (Å²) in [4.78, 5) is 0. The van der Waals surface area contributed by atoms with Crippen LogP contribution in [0.25, 0.3) is 0 Å². The van der Waals surface area contributed by atoms with Gasteiger partial charge in [0, 0.05) is 12.5 Å². The Hall–Kier alpha value is -0.340. The lowest BCUT2D eigenvalue weighted by molar-refractivity contribution is 0.00516. The van der Waals surface area contributed by atoms with Gasteiger partial charge in [0.05, 0.1) is 12.7 Å². The summed E-state index contributed by atoms with van der Waals surface area (Å²) in [6.07, 6.45) is 5.07. The van der Waals surface area contributed by atoms with Gasteiger partial charge >= 0.3 is 0 Å². The highest BCUT2D eigenvalue weighted by molar-refractivity contribution is 5.17. The molecule has 1 aliphatic heterocycles. The first kappa shape index (κ1) is 8.01. The van der Waals surface area contributed by atoms with Gasteiger partial charge in [0.1, 0.15) is 0 Å². The van der Waals surface area contributed by atoms with Gasteiger partial charge in [0.15, 0.2) is 0 Å². The van der Waals surface area contributed by atoms with E-state index in [1.165, 1.54) is 0 Å². The van der Waals surface area contributed by atoms with Crippen molar-refractivity contribution in [3.05, 3.63) is 12.2 Å². The van der Waals surface area contributed by atoms with Gasteiger partial charge in [0.2, 0.25) is 0 Å². The lowest BCUT2D eigenvalue weighted by Crippen LogP contribution is -2.47. The Morgan fingerprint density at radius 3 is 2.92 bits per heavy atom. The molecular formula is C11H16O2. The van der Waals surface area contributed by atoms with Crippen LogP contribution in [-0.2, 0) is 4.74 Å². The van der Waals surface area contributed by atoms with Crippen LogP contribution in [0.3, 0.4) is 0 Å². The molecule has 72 valence electrons. The fourth-order valence-corrected chi connectivity index (χ4v) is 3.58. The summed E-state index contributed by atoms with van der Waals surface area (Å²) < 4.78 is 5.79. The summed E-state index contributed by atoms with van der Waals surface area (Å²) in [5.41, 5.74) is 0. The van der Waals surface area contributed by atoms with Crippen LogP contribution in [0.1, 0.15) is 6.92 Å². The van der Waals surface area contributed by atoms with E-state index in [4.69, 9.17) is 4.74 Å². The average molecular weight is 180 g/mol. The predicted octanol–water partition coefficient (Wildman–Crippen LogP) is 1.06. The largest absolute Gasteiger partial charge is 0.396 e. The van der Waals surface area contributed by atoms with E-state index in [1.54, 1.807) is 0 Å². The van der Waals surface area contributed by atoms with Crippen molar-refractivity contribution in [3.63, 3.8) is 0 Å². The summed E-state index contributed by atoms with van der Waals surface area (Å²) in [5.74, 6) is 2.82. The number of aliphatic hydroxyl groups excluding tert-OH is 1. The van der Waals surface area contributed by atoms with Gasteiger partial charge in [-0.3, -0.25) is 0 Å². The first-order chi connectivity index (χ1) is 6.33. The Balaban J connectivity index is 2.01. The topological polar surface area (TPSA) is 29.5 Å².